The van der Waals surface area contributed by atoms with Crippen LogP contribution in [0.15, 0.2) is 16.6 Å². The average molecular weight is 324 g/mol. The maximum absolute atomic E-state index is 13.0. The molecule has 17 heavy (non-hydrogen) atoms. The Morgan fingerprint density at radius 2 is 2.29 bits per heavy atom. The van der Waals surface area contributed by atoms with Crippen LogP contribution in [0.4, 0.5) is 10.1 Å². The lowest BCUT2D eigenvalue weighted by molar-refractivity contribution is -0.119. The summed E-state index contributed by atoms with van der Waals surface area (Å²) >= 11 is 9.00. The summed E-state index contributed by atoms with van der Waals surface area (Å²) in [5.41, 5.74) is 5.75. The molecule has 1 aromatic rings. The maximum atomic E-state index is 13.0. The van der Waals surface area contributed by atoms with Gasteiger partial charge in [-0.1, -0.05) is 18.5 Å². The van der Waals surface area contributed by atoms with Crippen molar-refractivity contribution in [2.75, 3.05) is 11.9 Å². The number of carbonyl (C=O) groups is 1. The van der Waals surface area contributed by atoms with Gasteiger partial charge in [-0.05, 0) is 41.0 Å². The highest BCUT2D eigenvalue weighted by Crippen LogP contribution is 2.32. The lowest BCUT2D eigenvalue weighted by Gasteiger charge is -2.13. The van der Waals surface area contributed by atoms with Gasteiger partial charge in [0.1, 0.15) is 5.82 Å². The van der Waals surface area contributed by atoms with E-state index in [1.807, 2.05) is 0 Å². The highest BCUT2D eigenvalue weighted by molar-refractivity contribution is 9.10. The largest absolute Gasteiger partial charge is 0.330 e. The minimum atomic E-state index is -0.463. The minimum absolute atomic E-state index is 0.158. The second-order valence-electron chi connectivity index (χ2n) is 3.71. The van der Waals surface area contributed by atoms with E-state index in [1.54, 1.807) is 6.92 Å². The van der Waals surface area contributed by atoms with Crippen molar-refractivity contribution in [3.05, 3.63) is 27.4 Å². The third-order valence-corrected chi connectivity index (χ3v) is 3.23. The zero-order valence-electron chi connectivity index (χ0n) is 9.27. The molecule has 0 bridgehead atoms. The summed E-state index contributed by atoms with van der Waals surface area (Å²) in [5.74, 6) is -0.868. The van der Waals surface area contributed by atoms with Gasteiger partial charge in [0.25, 0.3) is 0 Å². The van der Waals surface area contributed by atoms with Gasteiger partial charge in [-0.3, -0.25) is 4.79 Å². The summed E-state index contributed by atoms with van der Waals surface area (Å²) in [7, 11) is 0. The normalized spacial score (nSPS) is 12.3. The number of rotatable bonds is 4. The van der Waals surface area contributed by atoms with Crippen molar-refractivity contribution < 1.29 is 9.18 Å². The lowest BCUT2D eigenvalue weighted by atomic mass is 10.1. The van der Waals surface area contributed by atoms with Crippen molar-refractivity contribution in [3.63, 3.8) is 0 Å². The highest BCUT2D eigenvalue weighted by Gasteiger charge is 2.16. The molecular weight excluding hydrogens is 310 g/mol. The van der Waals surface area contributed by atoms with Crippen molar-refractivity contribution in [3.8, 4) is 0 Å². The summed E-state index contributed by atoms with van der Waals surface area (Å²) in [4.78, 5) is 11.8. The van der Waals surface area contributed by atoms with Crippen LogP contribution in [0.2, 0.25) is 5.02 Å². The molecule has 0 saturated heterocycles. The highest BCUT2D eigenvalue weighted by atomic mass is 79.9. The standard InChI is InChI=1S/C11H13BrClFN2O/c1-6(2-3-15)11(17)16-10-8(12)4-7(14)5-9(10)13/h4-6H,2-3,15H2,1H3,(H,16,17). The van der Waals surface area contributed by atoms with E-state index >= 15 is 0 Å². The summed E-state index contributed by atoms with van der Waals surface area (Å²) in [5, 5.41) is 2.81. The van der Waals surface area contributed by atoms with Gasteiger partial charge in [0, 0.05) is 10.4 Å². The predicted octanol–water partition coefficient (Wildman–Crippen LogP) is 3.17. The molecule has 3 nitrogen and oxygen atoms in total. The quantitative estimate of drug-likeness (QED) is 0.894. The summed E-state index contributed by atoms with van der Waals surface area (Å²) in [6.07, 6.45) is 0.586. The van der Waals surface area contributed by atoms with E-state index in [9.17, 15) is 9.18 Å². The fraction of sp³-hybridized carbons (Fsp3) is 0.364. The third-order valence-electron chi connectivity index (χ3n) is 2.30. The van der Waals surface area contributed by atoms with Crippen LogP contribution < -0.4 is 11.1 Å². The monoisotopic (exact) mass is 322 g/mol. The maximum Gasteiger partial charge on any atom is 0.227 e. The lowest BCUT2D eigenvalue weighted by Crippen LogP contribution is -2.23. The van der Waals surface area contributed by atoms with Gasteiger partial charge in [0.2, 0.25) is 5.91 Å². The fourth-order valence-electron chi connectivity index (χ4n) is 1.29. The molecule has 0 fully saturated rings. The van der Waals surface area contributed by atoms with Crippen molar-refractivity contribution in [1.29, 1.82) is 0 Å². The van der Waals surface area contributed by atoms with Gasteiger partial charge in [-0.15, -0.1) is 0 Å². The molecule has 94 valence electrons. The Labute approximate surface area is 113 Å². The Morgan fingerprint density at radius 1 is 1.65 bits per heavy atom. The SMILES string of the molecule is CC(CCN)C(=O)Nc1c(Cl)cc(F)cc1Br. The van der Waals surface area contributed by atoms with Gasteiger partial charge in [-0.2, -0.15) is 0 Å². The molecule has 1 amide bonds. The van der Waals surface area contributed by atoms with Crippen LogP contribution in [0.3, 0.4) is 0 Å². The minimum Gasteiger partial charge on any atom is -0.330 e. The number of nitrogens with one attached hydrogen (secondary N) is 1. The third kappa shape index (κ3) is 3.94. The molecule has 0 heterocycles. The number of hydrogen-bond acceptors (Lipinski definition) is 2. The Morgan fingerprint density at radius 3 is 2.82 bits per heavy atom. The number of halogens is 3. The van der Waals surface area contributed by atoms with Crippen molar-refractivity contribution in [1.82, 2.24) is 0 Å². The van der Waals surface area contributed by atoms with E-state index in [2.05, 4.69) is 21.2 Å². The van der Waals surface area contributed by atoms with Gasteiger partial charge in [0.05, 0.1) is 10.7 Å². The van der Waals surface area contributed by atoms with E-state index in [0.717, 1.165) is 6.07 Å². The number of nitrogens with two attached hydrogens (primary N) is 1. The number of benzene rings is 1. The molecule has 3 N–H and O–H groups in total. The van der Waals surface area contributed by atoms with Crippen molar-refractivity contribution >= 4 is 39.1 Å². The zero-order valence-corrected chi connectivity index (χ0v) is 11.6. The first-order valence-corrected chi connectivity index (χ1v) is 6.28. The Kier molecular flexibility index (Phi) is 5.36. The first-order chi connectivity index (χ1) is 7.95. The molecule has 1 unspecified atom stereocenters. The van der Waals surface area contributed by atoms with Crippen molar-refractivity contribution in [2.45, 2.75) is 13.3 Å². The molecule has 0 radical (unpaired) electrons. The van der Waals surface area contributed by atoms with Crippen LogP contribution in [0, 0.1) is 11.7 Å². The van der Waals surface area contributed by atoms with Crippen LogP contribution in [0.5, 0.6) is 0 Å². The van der Waals surface area contributed by atoms with Gasteiger partial charge < -0.3 is 11.1 Å². The van der Waals surface area contributed by atoms with E-state index in [-0.39, 0.29) is 16.8 Å². The van der Waals surface area contributed by atoms with Crippen molar-refractivity contribution in [2.24, 2.45) is 11.7 Å². The van der Waals surface area contributed by atoms with Crippen LogP contribution in [-0.2, 0) is 4.79 Å². The number of hydrogen-bond donors (Lipinski definition) is 2. The van der Waals surface area contributed by atoms with Crippen LogP contribution in [-0.4, -0.2) is 12.5 Å². The molecule has 0 saturated carbocycles. The van der Waals surface area contributed by atoms with Gasteiger partial charge in [-0.25, -0.2) is 4.39 Å². The van der Waals surface area contributed by atoms with Gasteiger partial charge in [0.15, 0.2) is 0 Å². The Hall–Kier alpha value is -0.650. The van der Waals surface area contributed by atoms with Crippen LogP contribution >= 0.6 is 27.5 Å². The number of carbonyl (C=O) groups excluding carboxylic acids is 1. The number of anilines is 1. The molecular formula is C11H13BrClFN2O. The summed E-state index contributed by atoms with van der Waals surface area (Å²) < 4.78 is 13.4. The molecule has 1 atom stereocenters. The topological polar surface area (TPSA) is 55.1 Å². The molecule has 0 aromatic heterocycles. The molecule has 1 rings (SSSR count). The Balaban J connectivity index is 2.85. The molecule has 0 aliphatic carbocycles. The van der Waals surface area contributed by atoms with Crippen LogP contribution in [0.1, 0.15) is 13.3 Å². The van der Waals surface area contributed by atoms with E-state index in [1.165, 1.54) is 6.07 Å². The van der Waals surface area contributed by atoms with E-state index in [0.29, 0.717) is 23.1 Å². The van der Waals surface area contributed by atoms with E-state index in [4.69, 9.17) is 17.3 Å². The smallest absolute Gasteiger partial charge is 0.227 e. The van der Waals surface area contributed by atoms with E-state index < -0.39 is 5.82 Å². The fourth-order valence-corrected chi connectivity index (χ4v) is 2.19. The average Bonchev–Trinajstić information content (AvgIpc) is 2.23. The Bertz CT molecular complexity index is 405. The molecule has 1 aromatic carbocycles. The predicted molar refractivity (Wildman–Crippen MR) is 70.6 cm³/mol. The van der Waals surface area contributed by atoms with Crippen LogP contribution in [0.25, 0.3) is 0 Å². The summed E-state index contributed by atoms with van der Waals surface area (Å²) in [6.45, 7) is 2.21. The number of amides is 1. The van der Waals surface area contributed by atoms with Gasteiger partial charge >= 0.3 is 0 Å². The molecule has 0 aliphatic rings. The molecule has 0 aliphatic heterocycles. The summed E-state index contributed by atoms with van der Waals surface area (Å²) in [6, 6.07) is 2.39. The first kappa shape index (κ1) is 14.4. The molecule has 6 heteroatoms. The second kappa shape index (κ2) is 6.33. The second-order valence-corrected chi connectivity index (χ2v) is 4.97. The first-order valence-electron chi connectivity index (χ1n) is 5.11. The molecule has 0 spiro atoms. The zero-order chi connectivity index (χ0) is 13.0.